The van der Waals surface area contributed by atoms with Gasteiger partial charge in [0.25, 0.3) is 0 Å². The number of hydrogen-bond acceptors (Lipinski definition) is 3. The average Bonchev–Trinajstić information content (AvgIpc) is 2.44. The van der Waals surface area contributed by atoms with Gasteiger partial charge in [-0.1, -0.05) is 31.5 Å². The first-order valence-corrected chi connectivity index (χ1v) is 8.35. The topological polar surface area (TPSA) is 16.1 Å². The Balaban J connectivity index is 2.23. The van der Waals surface area contributed by atoms with Gasteiger partial charge < -0.3 is 4.90 Å². The molecule has 20 heavy (non-hydrogen) atoms. The molecule has 108 valence electrons. The first-order chi connectivity index (χ1) is 9.70. The van der Waals surface area contributed by atoms with Gasteiger partial charge in [0.2, 0.25) is 0 Å². The van der Waals surface area contributed by atoms with Crippen LogP contribution in [0.3, 0.4) is 0 Å². The highest BCUT2D eigenvalue weighted by atomic mass is 32.2. The summed E-state index contributed by atoms with van der Waals surface area (Å²) in [5, 5.41) is 2.48. The van der Waals surface area contributed by atoms with E-state index in [-0.39, 0.29) is 0 Å². The van der Waals surface area contributed by atoms with Crippen LogP contribution in [0.1, 0.15) is 25.3 Å². The Morgan fingerprint density at radius 3 is 2.75 bits per heavy atom. The van der Waals surface area contributed by atoms with Crippen molar-refractivity contribution in [3.63, 3.8) is 0 Å². The van der Waals surface area contributed by atoms with E-state index in [0.717, 1.165) is 24.2 Å². The van der Waals surface area contributed by atoms with Gasteiger partial charge in [-0.15, -0.1) is 11.8 Å². The van der Waals surface area contributed by atoms with Crippen molar-refractivity contribution in [3.8, 4) is 0 Å². The smallest absolute Gasteiger partial charge is 0.1000 e. The van der Waals surface area contributed by atoms with E-state index >= 15 is 0 Å². The van der Waals surface area contributed by atoms with Crippen molar-refractivity contribution in [2.45, 2.75) is 31.2 Å². The molecule has 0 atom stereocenters. The van der Waals surface area contributed by atoms with Gasteiger partial charge in [-0.25, -0.2) is 4.98 Å². The van der Waals surface area contributed by atoms with Gasteiger partial charge in [0.15, 0.2) is 0 Å². The second-order valence-electron chi connectivity index (χ2n) is 5.40. The van der Waals surface area contributed by atoms with E-state index in [0.29, 0.717) is 0 Å². The standard InChI is InChI=1S/C17H24N2S/c1-4-5-8-15-13-14-9-6-7-10-16(14)18-17(15)20-12-11-19(2)3/h6-7,9-10,13H,4-5,8,11-12H2,1-3H3. The van der Waals surface area contributed by atoms with Gasteiger partial charge in [-0.2, -0.15) is 0 Å². The number of fused-ring (bicyclic) bond motifs is 1. The van der Waals surface area contributed by atoms with Crippen molar-refractivity contribution in [2.24, 2.45) is 0 Å². The highest BCUT2D eigenvalue weighted by Crippen LogP contribution is 2.26. The number of aromatic nitrogens is 1. The molecule has 0 radical (unpaired) electrons. The van der Waals surface area contributed by atoms with Crippen LogP contribution in [0.2, 0.25) is 0 Å². The quantitative estimate of drug-likeness (QED) is 0.709. The molecule has 2 rings (SSSR count). The number of thioether (sulfide) groups is 1. The first kappa shape index (κ1) is 15.3. The summed E-state index contributed by atoms with van der Waals surface area (Å²) in [7, 11) is 4.23. The molecule has 1 aromatic carbocycles. The second-order valence-corrected chi connectivity index (χ2v) is 6.48. The summed E-state index contributed by atoms with van der Waals surface area (Å²) in [6, 6.07) is 10.7. The van der Waals surface area contributed by atoms with Crippen LogP contribution < -0.4 is 0 Å². The van der Waals surface area contributed by atoms with Crippen molar-refractivity contribution in [2.75, 3.05) is 26.4 Å². The van der Waals surface area contributed by atoms with Gasteiger partial charge in [0.05, 0.1) is 10.5 Å². The summed E-state index contributed by atoms with van der Waals surface area (Å²) < 4.78 is 0. The summed E-state index contributed by atoms with van der Waals surface area (Å²) in [5.74, 6) is 1.09. The van der Waals surface area contributed by atoms with Crippen LogP contribution in [0.4, 0.5) is 0 Å². The van der Waals surface area contributed by atoms with Gasteiger partial charge in [-0.05, 0) is 44.6 Å². The average molecular weight is 288 g/mol. The monoisotopic (exact) mass is 288 g/mol. The maximum absolute atomic E-state index is 4.87. The molecule has 0 saturated heterocycles. The third-order valence-corrected chi connectivity index (χ3v) is 4.35. The Kier molecular flexibility index (Phi) is 5.86. The number of benzene rings is 1. The van der Waals surface area contributed by atoms with Crippen LogP contribution in [-0.4, -0.2) is 36.3 Å². The molecule has 0 aliphatic carbocycles. The zero-order valence-electron chi connectivity index (χ0n) is 12.7. The molecule has 0 saturated carbocycles. The maximum atomic E-state index is 4.87. The van der Waals surface area contributed by atoms with E-state index in [4.69, 9.17) is 4.98 Å². The number of rotatable bonds is 7. The van der Waals surface area contributed by atoms with Crippen LogP contribution >= 0.6 is 11.8 Å². The summed E-state index contributed by atoms with van der Waals surface area (Å²) in [4.78, 5) is 7.09. The third kappa shape index (κ3) is 4.22. The van der Waals surface area contributed by atoms with E-state index in [1.807, 2.05) is 11.8 Å². The zero-order chi connectivity index (χ0) is 14.4. The number of pyridine rings is 1. The molecule has 0 unspecified atom stereocenters. The molecule has 2 nitrogen and oxygen atoms in total. The van der Waals surface area contributed by atoms with Crippen molar-refractivity contribution in [1.82, 2.24) is 9.88 Å². The molecule has 0 aliphatic rings. The van der Waals surface area contributed by atoms with Gasteiger partial charge in [0, 0.05) is 17.7 Å². The Morgan fingerprint density at radius 1 is 1.20 bits per heavy atom. The Hall–Kier alpha value is -1.06. The minimum atomic E-state index is 1.09. The van der Waals surface area contributed by atoms with E-state index in [1.54, 1.807) is 0 Å². The van der Waals surface area contributed by atoms with Crippen LogP contribution in [0.5, 0.6) is 0 Å². The van der Waals surface area contributed by atoms with E-state index in [1.165, 1.54) is 28.8 Å². The fraction of sp³-hybridized carbons (Fsp3) is 0.471. The molecule has 0 aliphatic heterocycles. The first-order valence-electron chi connectivity index (χ1n) is 7.37. The lowest BCUT2D eigenvalue weighted by Crippen LogP contribution is -2.15. The normalized spacial score (nSPS) is 11.4. The highest BCUT2D eigenvalue weighted by Gasteiger charge is 2.07. The van der Waals surface area contributed by atoms with Crippen LogP contribution in [0, 0.1) is 0 Å². The molecular formula is C17H24N2S. The Morgan fingerprint density at radius 2 is 2.00 bits per heavy atom. The van der Waals surface area contributed by atoms with Gasteiger partial charge in [0.1, 0.15) is 0 Å². The maximum Gasteiger partial charge on any atom is 0.1000 e. The molecule has 0 fully saturated rings. The van der Waals surface area contributed by atoms with Crippen LogP contribution in [-0.2, 0) is 6.42 Å². The van der Waals surface area contributed by atoms with Crippen molar-refractivity contribution >= 4 is 22.7 Å². The predicted molar refractivity (Wildman–Crippen MR) is 89.6 cm³/mol. The van der Waals surface area contributed by atoms with E-state index < -0.39 is 0 Å². The summed E-state index contributed by atoms with van der Waals surface area (Å²) >= 11 is 1.89. The lowest BCUT2D eigenvalue weighted by atomic mass is 10.1. The number of para-hydroxylation sites is 1. The summed E-state index contributed by atoms with van der Waals surface area (Å²) in [5.41, 5.74) is 2.52. The van der Waals surface area contributed by atoms with Crippen LogP contribution in [0.15, 0.2) is 35.4 Å². The molecule has 1 heterocycles. The van der Waals surface area contributed by atoms with E-state index in [2.05, 4.69) is 56.3 Å². The van der Waals surface area contributed by atoms with Gasteiger partial charge >= 0.3 is 0 Å². The molecular weight excluding hydrogens is 264 g/mol. The van der Waals surface area contributed by atoms with Crippen molar-refractivity contribution in [3.05, 3.63) is 35.9 Å². The summed E-state index contributed by atoms with van der Waals surface area (Å²) in [6.45, 7) is 3.33. The van der Waals surface area contributed by atoms with Crippen LogP contribution in [0.25, 0.3) is 10.9 Å². The molecule has 2 aromatic rings. The molecule has 0 N–H and O–H groups in total. The van der Waals surface area contributed by atoms with Gasteiger partial charge in [-0.3, -0.25) is 0 Å². The summed E-state index contributed by atoms with van der Waals surface area (Å²) in [6.07, 6.45) is 3.61. The predicted octanol–water partition coefficient (Wildman–Crippen LogP) is 4.23. The Labute approximate surface area is 126 Å². The highest BCUT2D eigenvalue weighted by molar-refractivity contribution is 7.99. The molecule has 1 aromatic heterocycles. The lowest BCUT2D eigenvalue weighted by Gasteiger charge is -2.12. The number of nitrogens with zero attached hydrogens (tertiary/aromatic N) is 2. The number of unbranched alkanes of at least 4 members (excludes halogenated alkanes) is 1. The minimum Gasteiger partial charge on any atom is -0.309 e. The SMILES string of the molecule is CCCCc1cc2ccccc2nc1SCCN(C)C. The Bertz CT molecular complexity index is 552. The molecule has 3 heteroatoms. The molecule has 0 bridgehead atoms. The van der Waals surface area contributed by atoms with Crippen molar-refractivity contribution < 1.29 is 0 Å². The third-order valence-electron chi connectivity index (χ3n) is 3.34. The largest absolute Gasteiger partial charge is 0.309 e. The lowest BCUT2D eigenvalue weighted by molar-refractivity contribution is 0.437. The number of aryl methyl sites for hydroxylation is 1. The molecule has 0 amide bonds. The fourth-order valence-electron chi connectivity index (χ4n) is 2.14. The number of hydrogen-bond donors (Lipinski definition) is 0. The second kappa shape index (κ2) is 7.65. The zero-order valence-corrected chi connectivity index (χ0v) is 13.5. The molecule has 0 spiro atoms. The van der Waals surface area contributed by atoms with E-state index in [9.17, 15) is 0 Å². The minimum absolute atomic E-state index is 1.09. The fourth-order valence-corrected chi connectivity index (χ4v) is 3.30. The van der Waals surface area contributed by atoms with Crippen molar-refractivity contribution in [1.29, 1.82) is 0 Å².